The zero-order chi connectivity index (χ0) is 13.1. The summed E-state index contributed by atoms with van der Waals surface area (Å²) in [5.41, 5.74) is 2.14. The maximum Gasteiger partial charge on any atom is 0.123 e. The van der Waals surface area contributed by atoms with Crippen LogP contribution in [0.5, 0.6) is 0 Å². The fourth-order valence-electron chi connectivity index (χ4n) is 1.87. The van der Waals surface area contributed by atoms with E-state index >= 15 is 0 Å². The molecule has 1 unspecified atom stereocenters. The molecule has 18 heavy (non-hydrogen) atoms. The van der Waals surface area contributed by atoms with Gasteiger partial charge in [0.05, 0.1) is 10.4 Å². The Kier molecular flexibility index (Phi) is 4.38. The smallest absolute Gasteiger partial charge is 0.123 e. The minimum absolute atomic E-state index is 0.0757. The number of rotatable bonds is 4. The van der Waals surface area contributed by atoms with Crippen LogP contribution in [-0.2, 0) is 0 Å². The first kappa shape index (κ1) is 13.5. The highest BCUT2D eigenvalue weighted by molar-refractivity contribution is 7.16. The van der Waals surface area contributed by atoms with E-state index in [-0.39, 0.29) is 11.9 Å². The highest BCUT2D eigenvalue weighted by Crippen LogP contribution is 2.34. The molecule has 0 saturated carbocycles. The molecular formula is C14H15ClFNS. The van der Waals surface area contributed by atoms with Crippen LogP contribution in [0.15, 0.2) is 30.3 Å². The van der Waals surface area contributed by atoms with Crippen molar-refractivity contribution in [3.05, 3.63) is 56.5 Å². The van der Waals surface area contributed by atoms with Crippen LogP contribution in [0.2, 0.25) is 4.34 Å². The molecule has 0 aliphatic carbocycles. The van der Waals surface area contributed by atoms with Crippen molar-refractivity contribution >= 4 is 22.9 Å². The van der Waals surface area contributed by atoms with Crippen molar-refractivity contribution < 1.29 is 4.39 Å². The van der Waals surface area contributed by atoms with Gasteiger partial charge < -0.3 is 5.32 Å². The van der Waals surface area contributed by atoms with Crippen LogP contribution in [0.25, 0.3) is 0 Å². The van der Waals surface area contributed by atoms with Gasteiger partial charge in [0.1, 0.15) is 5.82 Å². The molecule has 0 saturated heterocycles. The Morgan fingerprint density at radius 2 is 2.00 bits per heavy atom. The first-order valence-corrected chi connectivity index (χ1v) is 7.06. The Balaban J connectivity index is 2.36. The highest BCUT2D eigenvalue weighted by Gasteiger charge is 2.16. The van der Waals surface area contributed by atoms with Gasteiger partial charge in [-0.1, -0.05) is 30.7 Å². The van der Waals surface area contributed by atoms with E-state index in [4.69, 9.17) is 11.6 Å². The van der Waals surface area contributed by atoms with Gasteiger partial charge in [0, 0.05) is 4.88 Å². The fourth-order valence-corrected chi connectivity index (χ4v) is 3.19. The van der Waals surface area contributed by atoms with E-state index in [1.54, 1.807) is 11.3 Å². The maximum atomic E-state index is 13.0. The quantitative estimate of drug-likeness (QED) is 0.868. The SMILES string of the molecule is CCNC(c1ccc(F)cc1)c1cc(C)c(Cl)s1. The predicted octanol–water partition coefficient (Wildman–Crippen LogP) is 4.55. The molecule has 4 heteroatoms. The van der Waals surface area contributed by atoms with Crippen molar-refractivity contribution in [2.24, 2.45) is 0 Å². The molecule has 96 valence electrons. The zero-order valence-corrected chi connectivity index (χ0v) is 11.9. The third kappa shape index (κ3) is 2.91. The van der Waals surface area contributed by atoms with Crippen molar-refractivity contribution in [2.45, 2.75) is 19.9 Å². The third-order valence-electron chi connectivity index (χ3n) is 2.77. The van der Waals surface area contributed by atoms with Crippen molar-refractivity contribution in [3.63, 3.8) is 0 Å². The van der Waals surface area contributed by atoms with Gasteiger partial charge in [0.15, 0.2) is 0 Å². The molecule has 0 bridgehead atoms. The topological polar surface area (TPSA) is 12.0 Å². The van der Waals surface area contributed by atoms with Crippen LogP contribution in [-0.4, -0.2) is 6.54 Å². The van der Waals surface area contributed by atoms with Crippen molar-refractivity contribution in [2.75, 3.05) is 6.54 Å². The molecule has 1 aromatic carbocycles. The van der Waals surface area contributed by atoms with E-state index in [9.17, 15) is 4.39 Å². The summed E-state index contributed by atoms with van der Waals surface area (Å²) in [6, 6.07) is 8.76. The zero-order valence-electron chi connectivity index (χ0n) is 10.3. The molecule has 0 aliphatic rings. The van der Waals surface area contributed by atoms with Gasteiger partial charge >= 0.3 is 0 Å². The van der Waals surface area contributed by atoms with Crippen molar-refractivity contribution in [1.82, 2.24) is 5.32 Å². The standard InChI is InChI=1S/C14H15ClFNS/c1-3-17-13(10-4-6-11(16)7-5-10)12-8-9(2)14(15)18-12/h4-8,13,17H,3H2,1-2H3. The van der Waals surface area contributed by atoms with Gasteiger partial charge in [-0.05, 0) is 42.8 Å². The number of aryl methyl sites for hydroxylation is 1. The lowest BCUT2D eigenvalue weighted by atomic mass is 10.0. The molecule has 2 aromatic rings. The average Bonchev–Trinajstić information content (AvgIpc) is 2.68. The number of benzene rings is 1. The van der Waals surface area contributed by atoms with Crippen LogP contribution < -0.4 is 5.32 Å². The number of hydrogen-bond donors (Lipinski definition) is 1. The lowest BCUT2D eigenvalue weighted by Gasteiger charge is -2.16. The second-order valence-corrected chi connectivity index (χ2v) is 5.83. The van der Waals surface area contributed by atoms with E-state index < -0.39 is 0 Å². The van der Waals surface area contributed by atoms with Crippen LogP contribution in [0.1, 0.15) is 29.0 Å². The Hall–Kier alpha value is -0.900. The average molecular weight is 284 g/mol. The van der Waals surface area contributed by atoms with Crippen molar-refractivity contribution in [1.29, 1.82) is 0 Å². The molecule has 1 heterocycles. The Labute approximate surface area is 116 Å². The minimum Gasteiger partial charge on any atom is -0.306 e. The Bertz CT molecular complexity index is 502. The minimum atomic E-state index is -0.214. The number of thiophene rings is 1. The normalized spacial score (nSPS) is 12.7. The summed E-state index contributed by atoms with van der Waals surface area (Å²) < 4.78 is 13.8. The van der Waals surface area contributed by atoms with Crippen LogP contribution >= 0.6 is 22.9 Å². The fraction of sp³-hybridized carbons (Fsp3) is 0.286. The molecule has 0 fully saturated rings. The largest absolute Gasteiger partial charge is 0.306 e. The van der Waals surface area contributed by atoms with Gasteiger partial charge in [-0.25, -0.2) is 4.39 Å². The lowest BCUT2D eigenvalue weighted by Crippen LogP contribution is -2.21. The van der Waals surface area contributed by atoms with Crippen LogP contribution in [0, 0.1) is 12.7 Å². The predicted molar refractivity (Wildman–Crippen MR) is 76.0 cm³/mol. The second-order valence-electron chi connectivity index (χ2n) is 4.15. The molecule has 1 N–H and O–H groups in total. The molecular weight excluding hydrogens is 269 g/mol. The molecule has 0 aliphatic heterocycles. The summed E-state index contributed by atoms with van der Waals surface area (Å²) in [5, 5.41) is 3.40. The monoisotopic (exact) mass is 283 g/mol. The molecule has 1 aromatic heterocycles. The van der Waals surface area contributed by atoms with E-state index in [1.165, 1.54) is 12.1 Å². The van der Waals surface area contributed by atoms with Gasteiger partial charge in [0.2, 0.25) is 0 Å². The van der Waals surface area contributed by atoms with Gasteiger partial charge in [-0.2, -0.15) is 0 Å². The maximum absolute atomic E-state index is 13.0. The molecule has 2 rings (SSSR count). The molecule has 1 nitrogen and oxygen atoms in total. The third-order valence-corrected chi connectivity index (χ3v) is 4.39. The summed E-state index contributed by atoms with van der Waals surface area (Å²) in [5.74, 6) is -0.214. The van der Waals surface area contributed by atoms with Crippen molar-refractivity contribution in [3.8, 4) is 0 Å². The van der Waals surface area contributed by atoms with E-state index in [1.807, 2.05) is 19.1 Å². The van der Waals surface area contributed by atoms with E-state index in [0.29, 0.717) is 0 Å². The number of hydrogen-bond acceptors (Lipinski definition) is 2. The van der Waals surface area contributed by atoms with E-state index in [2.05, 4.69) is 18.3 Å². The summed E-state index contributed by atoms with van der Waals surface area (Å²) in [6.07, 6.45) is 0. The summed E-state index contributed by atoms with van der Waals surface area (Å²) in [6.45, 7) is 4.89. The molecule has 0 spiro atoms. The first-order valence-electron chi connectivity index (χ1n) is 5.86. The summed E-state index contributed by atoms with van der Waals surface area (Å²) in [4.78, 5) is 1.16. The summed E-state index contributed by atoms with van der Waals surface area (Å²) >= 11 is 7.69. The highest BCUT2D eigenvalue weighted by atomic mass is 35.5. The van der Waals surface area contributed by atoms with Gasteiger partial charge in [-0.15, -0.1) is 11.3 Å². The lowest BCUT2D eigenvalue weighted by molar-refractivity contribution is 0.617. The Morgan fingerprint density at radius 1 is 1.33 bits per heavy atom. The van der Waals surface area contributed by atoms with Crippen LogP contribution in [0.4, 0.5) is 4.39 Å². The Morgan fingerprint density at radius 3 is 2.50 bits per heavy atom. The molecule has 1 atom stereocenters. The van der Waals surface area contributed by atoms with E-state index in [0.717, 1.165) is 26.9 Å². The summed E-state index contributed by atoms with van der Waals surface area (Å²) in [7, 11) is 0. The number of nitrogens with one attached hydrogen (secondary N) is 1. The first-order chi connectivity index (χ1) is 8.61. The second kappa shape index (κ2) is 5.83. The molecule has 0 amide bonds. The van der Waals surface area contributed by atoms with Crippen LogP contribution in [0.3, 0.4) is 0 Å². The van der Waals surface area contributed by atoms with Gasteiger partial charge in [0.25, 0.3) is 0 Å². The molecule has 0 radical (unpaired) electrons. The van der Waals surface area contributed by atoms with Gasteiger partial charge in [-0.3, -0.25) is 0 Å². The number of halogens is 2.